The van der Waals surface area contributed by atoms with E-state index in [1.54, 1.807) is 38.1 Å². The third-order valence-corrected chi connectivity index (χ3v) is 7.33. The first-order valence-electron chi connectivity index (χ1n) is 8.91. The Morgan fingerprint density at radius 2 is 1.43 bits per heavy atom. The molecule has 5 nitrogen and oxygen atoms in total. The van der Waals surface area contributed by atoms with E-state index in [9.17, 15) is 13.2 Å². The van der Waals surface area contributed by atoms with Gasteiger partial charge >= 0.3 is 5.97 Å². The fourth-order valence-electron chi connectivity index (χ4n) is 3.29. The van der Waals surface area contributed by atoms with Gasteiger partial charge in [0.1, 0.15) is 6.04 Å². The number of methoxy groups -OCH3 is 1. The predicted octanol–water partition coefficient (Wildman–Crippen LogP) is 3.94. The van der Waals surface area contributed by atoms with Gasteiger partial charge in [-0.1, -0.05) is 23.7 Å². The second-order valence-electron chi connectivity index (χ2n) is 6.98. The number of esters is 1. The van der Waals surface area contributed by atoms with Crippen molar-refractivity contribution in [2.75, 3.05) is 7.11 Å². The maximum atomic E-state index is 13.2. The molecule has 1 unspecified atom stereocenters. The van der Waals surface area contributed by atoms with Gasteiger partial charge in [-0.05, 0) is 86.6 Å². The van der Waals surface area contributed by atoms with Gasteiger partial charge in [-0.3, -0.25) is 4.79 Å². The van der Waals surface area contributed by atoms with Crippen molar-refractivity contribution >= 4 is 27.6 Å². The highest BCUT2D eigenvalue weighted by atomic mass is 35.5. The van der Waals surface area contributed by atoms with Crippen molar-refractivity contribution in [1.29, 1.82) is 0 Å². The zero-order valence-corrected chi connectivity index (χ0v) is 18.6. The first-order chi connectivity index (χ1) is 13.0. The van der Waals surface area contributed by atoms with Gasteiger partial charge in [-0.15, -0.1) is 0 Å². The number of carbonyl (C=O) groups is 1. The summed E-state index contributed by atoms with van der Waals surface area (Å²) in [7, 11) is -2.70. The highest BCUT2D eigenvalue weighted by molar-refractivity contribution is 7.89. The van der Waals surface area contributed by atoms with Crippen molar-refractivity contribution in [3.63, 3.8) is 0 Å². The Morgan fingerprint density at radius 1 is 0.964 bits per heavy atom. The van der Waals surface area contributed by atoms with Gasteiger partial charge in [0.2, 0.25) is 10.0 Å². The van der Waals surface area contributed by atoms with Crippen LogP contribution in [0.5, 0.6) is 0 Å². The lowest BCUT2D eigenvalue weighted by Gasteiger charge is -2.22. The van der Waals surface area contributed by atoms with Crippen LogP contribution in [-0.2, 0) is 26.0 Å². The smallest absolute Gasteiger partial charge is 0.324 e. The minimum atomic E-state index is -3.94. The molecule has 0 aromatic heterocycles. The van der Waals surface area contributed by atoms with Crippen molar-refractivity contribution in [1.82, 2.24) is 4.72 Å². The van der Waals surface area contributed by atoms with Gasteiger partial charge in [0.05, 0.1) is 12.0 Å². The molecular formula is C21H26ClNO4S. The third kappa shape index (κ3) is 4.57. The van der Waals surface area contributed by atoms with E-state index >= 15 is 0 Å². The summed E-state index contributed by atoms with van der Waals surface area (Å²) in [5, 5.41) is 0.566. The number of rotatable bonds is 6. The molecule has 2 aromatic carbocycles. The first kappa shape index (κ1) is 22.4. The molecule has 0 aliphatic rings. The summed E-state index contributed by atoms with van der Waals surface area (Å²) in [6, 6.07) is 5.85. The molecule has 2 rings (SSSR count). The summed E-state index contributed by atoms with van der Waals surface area (Å²) >= 11 is 5.90. The Morgan fingerprint density at radius 3 is 1.89 bits per heavy atom. The normalized spacial score (nSPS) is 12.7. The molecule has 0 saturated heterocycles. The molecule has 0 bridgehead atoms. The van der Waals surface area contributed by atoms with E-state index in [1.807, 2.05) is 20.8 Å². The highest BCUT2D eigenvalue weighted by Crippen LogP contribution is 2.29. The van der Waals surface area contributed by atoms with Gasteiger partial charge in [0, 0.05) is 5.02 Å². The van der Waals surface area contributed by atoms with Crippen molar-refractivity contribution in [2.24, 2.45) is 0 Å². The van der Waals surface area contributed by atoms with Crippen molar-refractivity contribution in [3.8, 4) is 0 Å². The zero-order valence-electron chi connectivity index (χ0n) is 17.0. The fraction of sp³-hybridized carbons (Fsp3) is 0.381. The molecule has 0 heterocycles. The molecule has 2 aromatic rings. The van der Waals surface area contributed by atoms with Gasteiger partial charge in [-0.2, -0.15) is 4.72 Å². The van der Waals surface area contributed by atoms with Crippen molar-refractivity contribution < 1.29 is 17.9 Å². The maximum Gasteiger partial charge on any atom is 0.324 e. The summed E-state index contributed by atoms with van der Waals surface area (Å²) in [4.78, 5) is 12.5. The number of nitrogens with one attached hydrogen (secondary N) is 1. The van der Waals surface area contributed by atoms with E-state index in [2.05, 4.69) is 4.72 Å². The van der Waals surface area contributed by atoms with Crippen LogP contribution in [0.4, 0.5) is 0 Å². The summed E-state index contributed by atoms with van der Waals surface area (Å²) in [5.74, 6) is -0.644. The minimum absolute atomic E-state index is 0.158. The van der Waals surface area contributed by atoms with Gasteiger partial charge in [0.15, 0.2) is 0 Å². The van der Waals surface area contributed by atoms with Crippen LogP contribution in [0.15, 0.2) is 29.2 Å². The summed E-state index contributed by atoms with van der Waals surface area (Å²) in [6.07, 6.45) is 0.158. The van der Waals surface area contributed by atoms with E-state index in [0.29, 0.717) is 16.1 Å². The maximum absolute atomic E-state index is 13.2. The fourth-order valence-corrected chi connectivity index (χ4v) is 5.20. The molecule has 0 aliphatic heterocycles. The SMILES string of the molecule is COC(=O)C(Cc1ccc(Cl)cc1)NS(=O)(=O)c1c(C)c(C)c(C)c(C)c1C. The van der Waals surface area contributed by atoms with Gasteiger partial charge < -0.3 is 4.74 Å². The molecule has 0 aliphatic carbocycles. The predicted molar refractivity (Wildman–Crippen MR) is 111 cm³/mol. The number of carbonyl (C=O) groups excluding carboxylic acids is 1. The highest BCUT2D eigenvalue weighted by Gasteiger charge is 2.30. The molecule has 1 N–H and O–H groups in total. The molecule has 0 saturated carbocycles. The summed E-state index contributed by atoms with van der Waals surface area (Å²) in [5.41, 5.74) is 5.06. The second kappa shape index (κ2) is 8.64. The molecule has 28 heavy (non-hydrogen) atoms. The molecule has 0 amide bonds. The number of benzene rings is 2. The van der Waals surface area contributed by atoms with Crippen molar-refractivity contribution in [3.05, 3.63) is 62.7 Å². The standard InChI is InChI=1S/C21H26ClNO4S/c1-12-13(2)15(4)20(16(5)14(12)3)28(25,26)23-19(21(24)27-6)11-17-7-9-18(22)10-8-17/h7-10,19,23H,11H2,1-6H3. The lowest BCUT2D eigenvalue weighted by atomic mass is 9.95. The van der Waals surface area contributed by atoms with E-state index in [-0.39, 0.29) is 11.3 Å². The number of ether oxygens (including phenoxy) is 1. The Hall–Kier alpha value is -1.89. The van der Waals surface area contributed by atoms with Crippen LogP contribution in [-0.4, -0.2) is 27.5 Å². The monoisotopic (exact) mass is 423 g/mol. The lowest BCUT2D eigenvalue weighted by molar-refractivity contribution is -0.142. The summed E-state index contributed by atoms with van der Waals surface area (Å²) in [6.45, 7) is 9.36. The second-order valence-corrected chi connectivity index (χ2v) is 9.07. The van der Waals surface area contributed by atoms with Crippen LogP contribution >= 0.6 is 11.6 Å². The van der Waals surface area contributed by atoms with Gasteiger partial charge in [0.25, 0.3) is 0 Å². The third-order valence-electron chi connectivity index (χ3n) is 5.34. The van der Waals surface area contributed by atoms with Crippen LogP contribution in [0.1, 0.15) is 33.4 Å². The van der Waals surface area contributed by atoms with Crippen LogP contribution < -0.4 is 4.72 Å². The Kier molecular flexibility index (Phi) is 6.91. The van der Waals surface area contributed by atoms with Crippen LogP contribution in [0, 0.1) is 34.6 Å². The number of sulfonamides is 1. The molecule has 7 heteroatoms. The zero-order chi connectivity index (χ0) is 21.2. The first-order valence-corrected chi connectivity index (χ1v) is 10.8. The average Bonchev–Trinajstić information content (AvgIpc) is 2.65. The lowest BCUT2D eigenvalue weighted by Crippen LogP contribution is -2.43. The minimum Gasteiger partial charge on any atom is -0.468 e. The molecule has 1 atom stereocenters. The number of hydrogen-bond acceptors (Lipinski definition) is 4. The number of halogens is 1. The Balaban J connectivity index is 2.46. The largest absolute Gasteiger partial charge is 0.468 e. The Labute approximate surface area is 172 Å². The van der Waals surface area contributed by atoms with E-state index in [1.165, 1.54) is 7.11 Å². The van der Waals surface area contributed by atoms with Crippen LogP contribution in [0.2, 0.25) is 5.02 Å². The van der Waals surface area contributed by atoms with Crippen molar-refractivity contribution in [2.45, 2.75) is 52.0 Å². The number of hydrogen-bond donors (Lipinski definition) is 1. The van der Waals surface area contributed by atoms with Gasteiger partial charge in [-0.25, -0.2) is 8.42 Å². The topological polar surface area (TPSA) is 72.5 Å². The summed E-state index contributed by atoms with van der Waals surface area (Å²) < 4.78 is 33.8. The quantitative estimate of drug-likeness (QED) is 0.714. The molecule has 0 spiro atoms. The molecule has 0 fully saturated rings. The molecule has 0 radical (unpaired) electrons. The molecular weight excluding hydrogens is 398 g/mol. The van der Waals surface area contributed by atoms with Crippen LogP contribution in [0.3, 0.4) is 0 Å². The molecule has 152 valence electrons. The Bertz CT molecular complexity index is 969. The average molecular weight is 424 g/mol. The van der Waals surface area contributed by atoms with E-state index in [0.717, 1.165) is 22.3 Å². The van der Waals surface area contributed by atoms with Crippen LogP contribution in [0.25, 0.3) is 0 Å². The van der Waals surface area contributed by atoms with E-state index < -0.39 is 22.0 Å². The van der Waals surface area contributed by atoms with E-state index in [4.69, 9.17) is 16.3 Å².